The quantitative estimate of drug-likeness (QED) is 0.708. The summed E-state index contributed by atoms with van der Waals surface area (Å²) in [6, 6.07) is 6.44. The number of nitrogens with zero attached hydrogens (tertiary/aromatic N) is 4. The van der Waals surface area contributed by atoms with Crippen LogP contribution >= 0.6 is 0 Å². The minimum absolute atomic E-state index is 0.169. The van der Waals surface area contributed by atoms with Crippen LogP contribution in [0.3, 0.4) is 0 Å². The average molecular weight is 270 g/mol. The Morgan fingerprint density at radius 2 is 2.10 bits per heavy atom. The van der Waals surface area contributed by atoms with Crippen LogP contribution in [0, 0.1) is 6.92 Å². The topological polar surface area (TPSA) is 93.5 Å². The van der Waals surface area contributed by atoms with Crippen LogP contribution in [0.2, 0.25) is 0 Å². The van der Waals surface area contributed by atoms with Gasteiger partial charge in [-0.15, -0.1) is 0 Å². The van der Waals surface area contributed by atoms with Crippen molar-refractivity contribution in [2.45, 2.75) is 6.92 Å². The molecule has 2 heterocycles. The Morgan fingerprint density at radius 3 is 2.85 bits per heavy atom. The summed E-state index contributed by atoms with van der Waals surface area (Å²) in [5, 5.41) is 17.2. The van der Waals surface area contributed by atoms with Crippen molar-refractivity contribution in [3.05, 3.63) is 52.2 Å². The summed E-state index contributed by atoms with van der Waals surface area (Å²) in [6.45, 7) is 1.67. The molecule has 1 N–H and O–H groups in total. The Bertz CT molecular complexity index is 846. The molecule has 7 nitrogen and oxygen atoms in total. The number of fused-ring (bicyclic) bond motifs is 1. The molecule has 0 atom stereocenters. The first kappa shape index (κ1) is 12.1. The van der Waals surface area contributed by atoms with Crippen molar-refractivity contribution in [2.24, 2.45) is 5.10 Å². The van der Waals surface area contributed by atoms with Gasteiger partial charge in [-0.05, 0) is 36.8 Å². The summed E-state index contributed by atoms with van der Waals surface area (Å²) >= 11 is 0. The number of aryl methyl sites for hydroxylation is 1. The molecule has 0 aliphatic carbocycles. The molecule has 20 heavy (non-hydrogen) atoms. The van der Waals surface area contributed by atoms with Crippen molar-refractivity contribution in [3.8, 4) is 5.75 Å². The van der Waals surface area contributed by atoms with E-state index < -0.39 is 0 Å². The highest BCUT2D eigenvalue weighted by Gasteiger charge is 2.11. The number of hydrogen-bond donors (Lipinski definition) is 1. The molecule has 0 amide bonds. The van der Waals surface area contributed by atoms with Crippen molar-refractivity contribution >= 4 is 17.3 Å². The van der Waals surface area contributed by atoms with Crippen LogP contribution in [0.1, 0.15) is 11.3 Å². The molecule has 0 bridgehead atoms. The second-order valence-electron chi connectivity index (χ2n) is 4.18. The summed E-state index contributed by atoms with van der Waals surface area (Å²) in [7, 11) is 0. The van der Waals surface area contributed by atoms with Crippen LogP contribution in [0.5, 0.6) is 5.75 Å². The fraction of sp³-hybridized carbons (Fsp3) is 0.0769. The maximum atomic E-state index is 12.2. The smallest absolute Gasteiger partial charge is 0.287 e. The lowest BCUT2D eigenvalue weighted by atomic mass is 10.2. The van der Waals surface area contributed by atoms with Gasteiger partial charge in [0.15, 0.2) is 0 Å². The third-order valence-electron chi connectivity index (χ3n) is 2.78. The Labute approximate surface area is 112 Å². The Morgan fingerprint density at radius 1 is 1.35 bits per heavy atom. The molecule has 7 heteroatoms. The molecule has 3 rings (SSSR count). The van der Waals surface area contributed by atoms with E-state index in [9.17, 15) is 9.90 Å². The van der Waals surface area contributed by atoms with Crippen LogP contribution in [0.15, 0.2) is 45.0 Å². The van der Waals surface area contributed by atoms with Gasteiger partial charge in [-0.25, -0.2) is 0 Å². The number of hydrogen-bond acceptors (Lipinski definition) is 6. The fourth-order valence-corrected chi connectivity index (χ4v) is 1.74. The third-order valence-corrected chi connectivity index (χ3v) is 2.78. The molecule has 0 spiro atoms. The van der Waals surface area contributed by atoms with E-state index in [0.29, 0.717) is 11.1 Å². The van der Waals surface area contributed by atoms with Gasteiger partial charge in [0.1, 0.15) is 17.5 Å². The first-order valence-corrected chi connectivity index (χ1v) is 5.82. The molecule has 0 radical (unpaired) electrons. The Balaban J connectivity index is 2.02. The summed E-state index contributed by atoms with van der Waals surface area (Å²) < 4.78 is 6.02. The Hall–Kier alpha value is -2.96. The number of phenolic OH excluding ortho intramolecular Hbond substituents is 1. The lowest BCUT2D eigenvalue weighted by molar-refractivity contribution is 0.442. The molecule has 0 fully saturated rings. The first-order valence-electron chi connectivity index (χ1n) is 5.82. The van der Waals surface area contributed by atoms with E-state index in [2.05, 4.69) is 15.2 Å². The van der Waals surface area contributed by atoms with E-state index in [4.69, 9.17) is 4.52 Å². The van der Waals surface area contributed by atoms with Crippen LogP contribution < -0.4 is 5.56 Å². The van der Waals surface area contributed by atoms with Gasteiger partial charge in [-0.2, -0.15) is 14.8 Å². The van der Waals surface area contributed by atoms with Gasteiger partial charge in [-0.1, -0.05) is 5.16 Å². The number of aromatic hydroxyl groups is 1. The number of benzene rings is 1. The van der Waals surface area contributed by atoms with E-state index in [1.54, 1.807) is 19.1 Å². The third kappa shape index (κ3) is 2.05. The van der Waals surface area contributed by atoms with Gasteiger partial charge in [-0.3, -0.25) is 4.79 Å². The SMILES string of the molecule is Cc1noc2ncn(/N=C/c3ccc(O)cc3)c(=O)c12. The normalized spacial score (nSPS) is 11.4. The number of aromatic nitrogens is 3. The minimum atomic E-state index is -0.344. The summed E-state index contributed by atoms with van der Waals surface area (Å²) in [5.74, 6) is 0.169. The molecular formula is C13H10N4O3. The maximum Gasteiger partial charge on any atom is 0.287 e. The average Bonchev–Trinajstić information content (AvgIpc) is 2.82. The fourth-order valence-electron chi connectivity index (χ4n) is 1.74. The van der Waals surface area contributed by atoms with Crippen molar-refractivity contribution < 1.29 is 9.63 Å². The zero-order valence-electron chi connectivity index (χ0n) is 10.5. The highest BCUT2D eigenvalue weighted by atomic mass is 16.5. The predicted octanol–water partition coefficient (Wildman–Crippen LogP) is 1.28. The molecule has 0 unspecified atom stereocenters. The van der Waals surface area contributed by atoms with Crippen molar-refractivity contribution in [3.63, 3.8) is 0 Å². The van der Waals surface area contributed by atoms with Gasteiger partial charge in [0, 0.05) is 0 Å². The summed E-state index contributed by atoms with van der Waals surface area (Å²) in [6.07, 6.45) is 2.77. The van der Waals surface area contributed by atoms with Crippen LogP contribution in [0.25, 0.3) is 11.1 Å². The molecule has 2 aromatic heterocycles. The van der Waals surface area contributed by atoms with E-state index >= 15 is 0 Å². The van der Waals surface area contributed by atoms with Crippen molar-refractivity contribution in [1.82, 2.24) is 14.8 Å². The zero-order chi connectivity index (χ0) is 14.1. The maximum absolute atomic E-state index is 12.2. The van der Waals surface area contributed by atoms with Gasteiger partial charge in [0.2, 0.25) is 0 Å². The van der Waals surface area contributed by atoms with Gasteiger partial charge >= 0.3 is 0 Å². The van der Waals surface area contributed by atoms with E-state index in [1.807, 2.05) is 0 Å². The minimum Gasteiger partial charge on any atom is -0.508 e. The molecule has 0 saturated heterocycles. The monoisotopic (exact) mass is 270 g/mol. The number of rotatable bonds is 2. The molecule has 100 valence electrons. The van der Waals surface area contributed by atoms with E-state index in [0.717, 1.165) is 10.2 Å². The van der Waals surface area contributed by atoms with Crippen molar-refractivity contribution in [1.29, 1.82) is 0 Å². The summed E-state index contributed by atoms with van der Waals surface area (Å²) in [5.41, 5.74) is 1.08. The molecule has 1 aromatic carbocycles. The van der Waals surface area contributed by atoms with Gasteiger partial charge in [0.05, 0.1) is 11.9 Å². The highest BCUT2D eigenvalue weighted by molar-refractivity contribution is 5.80. The van der Waals surface area contributed by atoms with E-state index in [-0.39, 0.29) is 17.0 Å². The number of phenols is 1. The van der Waals surface area contributed by atoms with Crippen LogP contribution in [0.4, 0.5) is 0 Å². The van der Waals surface area contributed by atoms with Gasteiger partial charge < -0.3 is 9.63 Å². The largest absolute Gasteiger partial charge is 0.508 e. The van der Waals surface area contributed by atoms with Crippen LogP contribution in [-0.4, -0.2) is 26.1 Å². The molecule has 0 saturated carbocycles. The second kappa shape index (κ2) is 4.61. The van der Waals surface area contributed by atoms with Crippen molar-refractivity contribution in [2.75, 3.05) is 0 Å². The van der Waals surface area contributed by atoms with Gasteiger partial charge in [0.25, 0.3) is 11.3 Å². The van der Waals surface area contributed by atoms with Crippen LogP contribution in [-0.2, 0) is 0 Å². The standard InChI is InChI=1S/C13H10N4O3/c1-8-11-12(20-16-8)14-7-17(13(11)19)15-6-9-2-4-10(18)5-3-9/h2-7,18H,1H3/b15-6+. The molecular weight excluding hydrogens is 260 g/mol. The Kier molecular flexibility index (Phi) is 2.79. The lowest BCUT2D eigenvalue weighted by Gasteiger charge is -1.97. The predicted molar refractivity (Wildman–Crippen MR) is 71.9 cm³/mol. The van der Waals surface area contributed by atoms with E-state index in [1.165, 1.54) is 24.7 Å². The summed E-state index contributed by atoms with van der Waals surface area (Å²) in [4.78, 5) is 16.1. The molecule has 0 aliphatic rings. The first-order chi connectivity index (χ1) is 9.65. The zero-order valence-corrected chi connectivity index (χ0v) is 10.5. The lowest BCUT2D eigenvalue weighted by Crippen LogP contribution is -2.17. The molecule has 3 aromatic rings. The molecule has 0 aliphatic heterocycles. The second-order valence-corrected chi connectivity index (χ2v) is 4.18. The highest BCUT2D eigenvalue weighted by Crippen LogP contribution is 2.10.